The quantitative estimate of drug-likeness (QED) is 0.168. The third-order valence-corrected chi connectivity index (χ3v) is 10.7. The Hall–Kier alpha value is -7.43. The maximum absolute atomic E-state index is 6.82. The Morgan fingerprint density at radius 1 is 0.291 bits per heavy atom. The summed E-state index contributed by atoms with van der Waals surface area (Å²) in [6, 6.07) is 65.6. The second kappa shape index (κ2) is 12.6. The van der Waals surface area contributed by atoms with Crippen molar-refractivity contribution in [3.63, 3.8) is 0 Å². The molecule has 0 amide bonds. The molecule has 2 heterocycles. The molecule has 11 rings (SSSR count). The predicted molar refractivity (Wildman–Crippen MR) is 227 cm³/mol. The topological polar surface area (TPSA) is 51.8 Å². The van der Waals surface area contributed by atoms with Crippen LogP contribution in [0.4, 0.5) is 0 Å². The van der Waals surface area contributed by atoms with Crippen LogP contribution < -0.4 is 0 Å². The minimum absolute atomic E-state index is 0.610. The summed E-state index contributed by atoms with van der Waals surface area (Å²) in [5.41, 5.74) is 8.96. The fraction of sp³-hybridized carbons (Fsp3) is 0. The van der Waals surface area contributed by atoms with Crippen molar-refractivity contribution in [1.29, 1.82) is 0 Å². The molecule has 0 atom stereocenters. The van der Waals surface area contributed by atoms with E-state index >= 15 is 0 Å². The lowest BCUT2D eigenvalue weighted by Crippen LogP contribution is -2.01. The van der Waals surface area contributed by atoms with E-state index in [0.29, 0.717) is 17.5 Å². The average molecular weight is 702 g/mol. The molecule has 0 radical (unpaired) electrons. The van der Waals surface area contributed by atoms with E-state index in [1.165, 1.54) is 27.1 Å². The normalized spacial score (nSPS) is 11.6. The van der Waals surface area contributed by atoms with Crippen LogP contribution >= 0.6 is 0 Å². The average Bonchev–Trinajstić information content (AvgIpc) is 3.64. The second-order valence-electron chi connectivity index (χ2n) is 13.9. The van der Waals surface area contributed by atoms with Crippen LogP contribution in [-0.4, -0.2) is 15.0 Å². The number of rotatable bonds is 5. The summed E-state index contributed by atoms with van der Waals surface area (Å²) in [6.45, 7) is 0. The van der Waals surface area contributed by atoms with Crippen molar-refractivity contribution in [1.82, 2.24) is 15.0 Å². The molecule has 0 saturated carbocycles. The molecule has 0 aliphatic carbocycles. The highest BCUT2D eigenvalue weighted by Crippen LogP contribution is 2.42. The molecule has 0 aliphatic rings. The fourth-order valence-corrected chi connectivity index (χ4v) is 8.12. The van der Waals surface area contributed by atoms with Gasteiger partial charge in [0.05, 0.1) is 0 Å². The van der Waals surface area contributed by atoms with Gasteiger partial charge in [-0.3, -0.25) is 0 Å². The molecule has 0 fully saturated rings. The Labute approximate surface area is 317 Å². The second-order valence-corrected chi connectivity index (χ2v) is 13.9. The first kappa shape index (κ1) is 31.1. The monoisotopic (exact) mass is 701 g/mol. The number of nitrogens with zero attached hydrogens (tertiary/aromatic N) is 3. The minimum Gasteiger partial charge on any atom is -0.455 e. The van der Waals surface area contributed by atoms with Gasteiger partial charge in [-0.15, -0.1) is 0 Å². The van der Waals surface area contributed by atoms with Crippen molar-refractivity contribution >= 4 is 54.3 Å². The molecule has 11 aromatic rings. The van der Waals surface area contributed by atoms with Gasteiger partial charge >= 0.3 is 0 Å². The molecule has 55 heavy (non-hydrogen) atoms. The summed E-state index contributed by atoms with van der Waals surface area (Å²) >= 11 is 0. The van der Waals surface area contributed by atoms with Crippen molar-refractivity contribution in [2.75, 3.05) is 0 Å². The van der Waals surface area contributed by atoms with Gasteiger partial charge in [0.15, 0.2) is 17.5 Å². The lowest BCUT2D eigenvalue weighted by atomic mass is 9.93. The van der Waals surface area contributed by atoms with Crippen LogP contribution in [-0.2, 0) is 0 Å². The van der Waals surface area contributed by atoms with Crippen LogP contribution in [0.25, 0.3) is 111 Å². The third kappa shape index (κ3) is 5.19. The highest BCUT2D eigenvalue weighted by molar-refractivity contribution is 6.20. The van der Waals surface area contributed by atoms with Gasteiger partial charge in [0.1, 0.15) is 11.2 Å². The molecule has 4 heteroatoms. The number of aromatic nitrogens is 3. The van der Waals surface area contributed by atoms with Gasteiger partial charge in [-0.1, -0.05) is 164 Å². The molecule has 2 aromatic heterocycles. The van der Waals surface area contributed by atoms with Crippen molar-refractivity contribution in [3.05, 3.63) is 188 Å². The molecule has 0 spiro atoms. The Morgan fingerprint density at radius 2 is 0.855 bits per heavy atom. The Kier molecular flexibility index (Phi) is 7.14. The van der Waals surface area contributed by atoms with Gasteiger partial charge in [-0.2, -0.15) is 0 Å². The molecule has 0 aliphatic heterocycles. The van der Waals surface area contributed by atoms with E-state index in [9.17, 15) is 0 Å². The van der Waals surface area contributed by atoms with E-state index in [1.54, 1.807) is 0 Å². The number of hydrogen-bond donors (Lipinski definition) is 0. The zero-order valence-electron chi connectivity index (χ0n) is 29.6. The van der Waals surface area contributed by atoms with Crippen LogP contribution in [0.2, 0.25) is 0 Å². The van der Waals surface area contributed by atoms with Crippen LogP contribution in [0.15, 0.2) is 192 Å². The molecular weight excluding hydrogens is 671 g/mol. The largest absolute Gasteiger partial charge is 0.455 e. The van der Waals surface area contributed by atoms with Gasteiger partial charge in [-0.25, -0.2) is 15.0 Å². The van der Waals surface area contributed by atoms with Gasteiger partial charge in [0, 0.05) is 32.8 Å². The summed E-state index contributed by atoms with van der Waals surface area (Å²) in [5, 5.41) is 9.03. The molecular formula is C51H31N3O. The first-order valence-corrected chi connectivity index (χ1v) is 18.5. The highest BCUT2D eigenvalue weighted by atomic mass is 16.3. The molecule has 4 nitrogen and oxygen atoms in total. The van der Waals surface area contributed by atoms with Gasteiger partial charge < -0.3 is 4.42 Å². The number of fused-ring (bicyclic) bond motifs is 8. The SMILES string of the molecule is c1ccc(-c2nc(-c3ccccc3-c3ccccc3)nc(-c3cc4c5ccc(-c6cc7ccccc7c7ccccc67)cc5oc4c4ccccc34)n2)cc1. The zero-order chi connectivity index (χ0) is 36.3. The van der Waals surface area contributed by atoms with Crippen LogP contribution in [0.1, 0.15) is 0 Å². The fourth-order valence-electron chi connectivity index (χ4n) is 8.12. The molecule has 0 N–H and O–H groups in total. The summed E-state index contributed by atoms with van der Waals surface area (Å²) in [7, 11) is 0. The Bertz CT molecular complexity index is 3260. The summed E-state index contributed by atoms with van der Waals surface area (Å²) in [6.07, 6.45) is 0. The van der Waals surface area contributed by atoms with Crippen molar-refractivity contribution in [3.8, 4) is 56.4 Å². The zero-order valence-corrected chi connectivity index (χ0v) is 29.6. The van der Waals surface area contributed by atoms with E-state index in [1.807, 2.05) is 42.5 Å². The van der Waals surface area contributed by atoms with Crippen molar-refractivity contribution < 1.29 is 4.42 Å². The minimum atomic E-state index is 0.610. The summed E-state index contributed by atoms with van der Waals surface area (Å²) in [4.78, 5) is 15.5. The number of furan rings is 1. The van der Waals surface area contributed by atoms with Crippen molar-refractivity contribution in [2.24, 2.45) is 0 Å². The van der Waals surface area contributed by atoms with Crippen LogP contribution in [0.3, 0.4) is 0 Å². The summed E-state index contributed by atoms with van der Waals surface area (Å²) < 4.78 is 6.82. The van der Waals surface area contributed by atoms with E-state index in [-0.39, 0.29) is 0 Å². The lowest BCUT2D eigenvalue weighted by molar-refractivity contribution is 0.673. The van der Waals surface area contributed by atoms with Gasteiger partial charge in [-0.05, 0) is 73.5 Å². The van der Waals surface area contributed by atoms with E-state index in [2.05, 4.69) is 146 Å². The number of benzene rings is 9. The third-order valence-electron chi connectivity index (χ3n) is 10.7. The first-order chi connectivity index (χ1) is 27.3. The van der Waals surface area contributed by atoms with Crippen LogP contribution in [0, 0.1) is 0 Å². The lowest BCUT2D eigenvalue weighted by Gasteiger charge is -2.13. The van der Waals surface area contributed by atoms with E-state index in [4.69, 9.17) is 19.4 Å². The summed E-state index contributed by atoms with van der Waals surface area (Å²) in [5.74, 6) is 1.85. The number of hydrogen-bond acceptors (Lipinski definition) is 4. The maximum Gasteiger partial charge on any atom is 0.164 e. The molecule has 0 unspecified atom stereocenters. The molecule has 9 aromatic carbocycles. The van der Waals surface area contributed by atoms with E-state index < -0.39 is 0 Å². The maximum atomic E-state index is 6.82. The molecule has 0 bridgehead atoms. The van der Waals surface area contributed by atoms with Crippen LogP contribution in [0.5, 0.6) is 0 Å². The molecule has 0 saturated heterocycles. The van der Waals surface area contributed by atoms with Gasteiger partial charge in [0.25, 0.3) is 0 Å². The standard InChI is InChI=1S/C51H31N3O/c1-3-15-32(16-4-1)36-20-9-14-26-43(36)50-52-49(33-17-5-2-6-18-33)53-51(54-50)46-31-45-41-28-27-35(30-47(41)55-48(45)42-25-13-12-24-40(42)46)44-29-34-19-7-8-21-37(34)38-22-10-11-23-39(38)44/h1-31H. The smallest absolute Gasteiger partial charge is 0.164 e. The highest BCUT2D eigenvalue weighted by Gasteiger charge is 2.20. The van der Waals surface area contributed by atoms with E-state index in [0.717, 1.165) is 66.1 Å². The van der Waals surface area contributed by atoms with Gasteiger partial charge in [0.2, 0.25) is 0 Å². The predicted octanol–water partition coefficient (Wildman–Crippen LogP) is 13.6. The van der Waals surface area contributed by atoms with Crippen molar-refractivity contribution in [2.45, 2.75) is 0 Å². The Morgan fingerprint density at radius 3 is 1.62 bits per heavy atom. The first-order valence-electron chi connectivity index (χ1n) is 18.5. The molecule has 256 valence electrons. The Balaban J connectivity index is 1.14.